The Morgan fingerprint density at radius 3 is 2.71 bits per heavy atom. The van der Waals surface area contributed by atoms with Crippen molar-refractivity contribution in [1.29, 1.82) is 0 Å². The van der Waals surface area contributed by atoms with Gasteiger partial charge in [-0.3, -0.25) is 0 Å². The largest absolute Gasteiger partial charge is 0.497 e. The van der Waals surface area contributed by atoms with Crippen LogP contribution >= 0.6 is 11.6 Å². The maximum atomic E-state index is 12.6. The third kappa shape index (κ3) is 4.75. The van der Waals surface area contributed by atoms with Gasteiger partial charge in [-0.2, -0.15) is 0 Å². The molecule has 1 aliphatic heterocycles. The number of sulfone groups is 1. The monoisotopic (exact) mass is 376 g/mol. The smallest absolute Gasteiger partial charge is 0.322 e. The average Bonchev–Trinajstić information content (AvgIpc) is 2.89. The van der Waals surface area contributed by atoms with Crippen LogP contribution in [-0.2, 0) is 14.6 Å². The van der Waals surface area contributed by atoms with Crippen molar-refractivity contribution in [2.45, 2.75) is 12.5 Å². The summed E-state index contributed by atoms with van der Waals surface area (Å²) in [5.74, 6) is 0.647. The standard InChI is InChI=1S/C15H21ClN2O5S/c1-22-7-6-18(11-5-8-24(20,21)10-11)15(19)17-14-4-3-12(23-2)9-13(14)16/h3-4,9,11H,5-8,10H2,1-2H3,(H,17,19)/t11-/m0/s1. The molecule has 0 bridgehead atoms. The normalized spacial score (nSPS) is 19.0. The van der Waals surface area contributed by atoms with E-state index in [0.717, 1.165) is 0 Å². The highest BCUT2D eigenvalue weighted by Gasteiger charge is 2.34. The summed E-state index contributed by atoms with van der Waals surface area (Å²) in [5.41, 5.74) is 0.436. The first-order valence-electron chi connectivity index (χ1n) is 7.47. The number of benzene rings is 1. The van der Waals surface area contributed by atoms with E-state index in [0.29, 0.717) is 36.0 Å². The lowest BCUT2D eigenvalue weighted by molar-refractivity contribution is 0.140. The third-order valence-electron chi connectivity index (χ3n) is 3.86. The molecule has 1 saturated heterocycles. The molecule has 1 aromatic carbocycles. The quantitative estimate of drug-likeness (QED) is 0.820. The molecule has 1 aliphatic rings. The van der Waals surface area contributed by atoms with E-state index in [2.05, 4.69) is 5.32 Å². The lowest BCUT2D eigenvalue weighted by atomic mass is 10.2. The summed E-state index contributed by atoms with van der Waals surface area (Å²) in [6.07, 6.45) is 0.426. The lowest BCUT2D eigenvalue weighted by Gasteiger charge is -2.28. The molecule has 1 N–H and O–H groups in total. The zero-order valence-electron chi connectivity index (χ0n) is 13.6. The second-order valence-corrected chi connectivity index (χ2v) is 8.15. The van der Waals surface area contributed by atoms with Crippen molar-refractivity contribution in [1.82, 2.24) is 4.90 Å². The SMILES string of the molecule is COCCN(C(=O)Nc1ccc(OC)cc1Cl)[C@H]1CCS(=O)(=O)C1. The molecule has 1 aromatic rings. The van der Waals surface area contributed by atoms with Crippen molar-refractivity contribution in [2.75, 3.05) is 44.2 Å². The molecule has 0 aliphatic carbocycles. The fourth-order valence-electron chi connectivity index (χ4n) is 2.57. The molecule has 0 spiro atoms. The number of urea groups is 1. The van der Waals surface area contributed by atoms with Crippen molar-refractivity contribution < 1.29 is 22.7 Å². The van der Waals surface area contributed by atoms with Gasteiger partial charge in [0.15, 0.2) is 9.84 Å². The van der Waals surface area contributed by atoms with Crippen LogP contribution in [0.3, 0.4) is 0 Å². The molecular weight excluding hydrogens is 356 g/mol. The maximum Gasteiger partial charge on any atom is 0.322 e. The second kappa shape index (κ2) is 8.04. The summed E-state index contributed by atoms with van der Waals surface area (Å²) in [4.78, 5) is 14.1. The number of rotatable bonds is 6. The fourth-order valence-corrected chi connectivity index (χ4v) is 4.52. The molecule has 2 amide bonds. The van der Waals surface area contributed by atoms with Gasteiger partial charge in [0.2, 0.25) is 0 Å². The van der Waals surface area contributed by atoms with Crippen LogP contribution in [0.5, 0.6) is 5.75 Å². The minimum absolute atomic E-state index is 0.0273. The van der Waals surface area contributed by atoms with Crippen LogP contribution in [0.25, 0.3) is 0 Å². The Labute approximate surface area is 146 Å². The van der Waals surface area contributed by atoms with Gasteiger partial charge in [-0.15, -0.1) is 0 Å². The van der Waals surface area contributed by atoms with Gasteiger partial charge in [-0.1, -0.05) is 11.6 Å². The molecule has 24 heavy (non-hydrogen) atoms. The van der Waals surface area contributed by atoms with Gasteiger partial charge >= 0.3 is 6.03 Å². The van der Waals surface area contributed by atoms with E-state index in [-0.39, 0.29) is 17.5 Å². The predicted octanol–water partition coefficient (Wildman–Crippen LogP) is 2.02. The third-order valence-corrected chi connectivity index (χ3v) is 5.93. The van der Waals surface area contributed by atoms with Gasteiger partial charge in [0, 0.05) is 25.8 Å². The number of hydrogen-bond acceptors (Lipinski definition) is 5. The van der Waals surface area contributed by atoms with E-state index < -0.39 is 15.9 Å². The van der Waals surface area contributed by atoms with Crippen LogP contribution in [0.1, 0.15) is 6.42 Å². The van der Waals surface area contributed by atoms with E-state index in [1.54, 1.807) is 18.2 Å². The minimum atomic E-state index is -3.09. The number of halogens is 1. The van der Waals surface area contributed by atoms with Gasteiger partial charge in [-0.05, 0) is 18.6 Å². The number of ether oxygens (including phenoxy) is 2. The number of carbonyl (C=O) groups is 1. The molecule has 0 aromatic heterocycles. The predicted molar refractivity (Wildman–Crippen MR) is 92.7 cm³/mol. The molecule has 2 rings (SSSR count). The molecule has 0 unspecified atom stereocenters. The van der Waals surface area contributed by atoms with Crippen molar-refractivity contribution in [2.24, 2.45) is 0 Å². The number of anilines is 1. The maximum absolute atomic E-state index is 12.6. The second-order valence-electron chi connectivity index (χ2n) is 5.52. The topological polar surface area (TPSA) is 84.9 Å². The Bertz CT molecular complexity index is 695. The van der Waals surface area contributed by atoms with Crippen molar-refractivity contribution in [3.05, 3.63) is 23.2 Å². The Balaban J connectivity index is 2.13. The molecular formula is C15H21ClN2O5S. The zero-order valence-corrected chi connectivity index (χ0v) is 15.2. The summed E-state index contributed by atoms with van der Waals surface area (Å²) in [7, 11) is -0.0398. The number of amides is 2. The summed E-state index contributed by atoms with van der Waals surface area (Å²) in [6.45, 7) is 0.622. The number of carbonyl (C=O) groups excluding carboxylic acids is 1. The fraction of sp³-hybridized carbons (Fsp3) is 0.533. The van der Waals surface area contributed by atoms with Gasteiger partial charge in [-0.25, -0.2) is 13.2 Å². The average molecular weight is 377 g/mol. The van der Waals surface area contributed by atoms with Gasteiger partial charge < -0.3 is 19.7 Å². The Morgan fingerprint density at radius 1 is 1.42 bits per heavy atom. The molecule has 1 atom stereocenters. The number of methoxy groups -OCH3 is 2. The highest BCUT2D eigenvalue weighted by Crippen LogP contribution is 2.27. The molecule has 0 saturated carbocycles. The summed E-state index contributed by atoms with van der Waals surface area (Å²) in [6, 6.07) is 4.15. The minimum Gasteiger partial charge on any atom is -0.497 e. The first kappa shape index (κ1) is 18.8. The molecule has 9 heteroatoms. The first-order valence-corrected chi connectivity index (χ1v) is 9.66. The van der Waals surface area contributed by atoms with Crippen LogP contribution in [0, 0.1) is 0 Å². The van der Waals surface area contributed by atoms with E-state index in [1.165, 1.54) is 19.1 Å². The van der Waals surface area contributed by atoms with Gasteiger partial charge in [0.25, 0.3) is 0 Å². The highest BCUT2D eigenvalue weighted by atomic mass is 35.5. The molecule has 7 nitrogen and oxygen atoms in total. The zero-order chi connectivity index (χ0) is 17.7. The van der Waals surface area contributed by atoms with Crippen molar-refractivity contribution in [3.8, 4) is 5.75 Å². The Morgan fingerprint density at radius 2 is 2.17 bits per heavy atom. The van der Waals surface area contributed by atoms with Crippen molar-refractivity contribution in [3.63, 3.8) is 0 Å². The summed E-state index contributed by atoms with van der Waals surface area (Å²) >= 11 is 6.13. The van der Waals surface area contributed by atoms with Gasteiger partial charge in [0.1, 0.15) is 5.75 Å². The first-order chi connectivity index (χ1) is 11.4. The Kier molecular flexibility index (Phi) is 6.31. The van der Waals surface area contributed by atoms with E-state index >= 15 is 0 Å². The Hall–Kier alpha value is -1.51. The highest BCUT2D eigenvalue weighted by molar-refractivity contribution is 7.91. The molecule has 0 radical (unpaired) electrons. The van der Waals surface area contributed by atoms with E-state index in [9.17, 15) is 13.2 Å². The van der Waals surface area contributed by atoms with Gasteiger partial charge in [0.05, 0.1) is 35.9 Å². The van der Waals surface area contributed by atoms with E-state index in [1.807, 2.05) is 0 Å². The lowest BCUT2D eigenvalue weighted by Crippen LogP contribution is -2.45. The van der Waals surface area contributed by atoms with Crippen LogP contribution in [0.15, 0.2) is 18.2 Å². The van der Waals surface area contributed by atoms with Crippen LogP contribution in [0.4, 0.5) is 10.5 Å². The number of nitrogens with zero attached hydrogens (tertiary/aromatic N) is 1. The molecule has 1 fully saturated rings. The molecule has 134 valence electrons. The van der Waals surface area contributed by atoms with Crippen LogP contribution in [-0.4, -0.2) is 64.3 Å². The molecule has 1 heterocycles. The number of nitrogens with one attached hydrogen (secondary N) is 1. The van der Waals surface area contributed by atoms with Crippen LogP contribution in [0.2, 0.25) is 5.02 Å². The van der Waals surface area contributed by atoms with Crippen molar-refractivity contribution >= 4 is 33.2 Å². The number of hydrogen-bond donors (Lipinski definition) is 1. The summed E-state index contributed by atoms with van der Waals surface area (Å²) in [5, 5.41) is 3.07. The van der Waals surface area contributed by atoms with E-state index in [4.69, 9.17) is 21.1 Å². The van der Waals surface area contributed by atoms with Crippen LogP contribution < -0.4 is 10.1 Å². The summed E-state index contributed by atoms with van der Waals surface area (Å²) < 4.78 is 33.5.